The van der Waals surface area contributed by atoms with Gasteiger partial charge in [0.2, 0.25) is 0 Å². The quantitative estimate of drug-likeness (QED) is 0.833. The van der Waals surface area contributed by atoms with Crippen molar-refractivity contribution >= 4 is 17.0 Å². The van der Waals surface area contributed by atoms with Crippen LogP contribution in [0.4, 0.5) is 4.79 Å². The standard InChI is InChI=1S/C20H25N3O4/c1-20(2,3)27-19(26)22-9-12-6-14(7-13(12)10-22)23-11-21-17-5-4-15(24)8-16(17)18(23)25/h4-5,8,11-14,24H,6-7,9-10H2,1-3H3. The van der Waals surface area contributed by atoms with E-state index in [0.29, 0.717) is 35.8 Å². The summed E-state index contributed by atoms with van der Waals surface area (Å²) in [6.45, 7) is 6.96. The van der Waals surface area contributed by atoms with Gasteiger partial charge in [0, 0.05) is 19.1 Å². The van der Waals surface area contributed by atoms with Gasteiger partial charge >= 0.3 is 6.09 Å². The third-order valence-electron chi connectivity index (χ3n) is 5.54. The molecular formula is C20H25N3O4. The first-order valence-corrected chi connectivity index (χ1v) is 9.39. The van der Waals surface area contributed by atoms with Crippen molar-refractivity contribution in [3.05, 3.63) is 34.9 Å². The molecular weight excluding hydrogens is 346 g/mol. The number of hydrogen-bond acceptors (Lipinski definition) is 5. The first-order chi connectivity index (χ1) is 12.7. The van der Waals surface area contributed by atoms with Gasteiger partial charge < -0.3 is 14.7 Å². The summed E-state index contributed by atoms with van der Waals surface area (Å²) in [6.07, 6.45) is 3.04. The van der Waals surface area contributed by atoms with E-state index in [-0.39, 0.29) is 23.4 Å². The second-order valence-corrected chi connectivity index (χ2v) is 8.69. The molecule has 1 aromatic heterocycles. The summed E-state index contributed by atoms with van der Waals surface area (Å²) in [5, 5.41) is 10.1. The number of likely N-dealkylation sites (tertiary alicyclic amines) is 1. The van der Waals surface area contributed by atoms with Crippen molar-refractivity contribution in [1.82, 2.24) is 14.5 Å². The number of carbonyl (C=O) groups excluding carboxylic acids is 1. The number of nitrogens with zero attached hydrogens (tertiary/aromatic N) is 3. The zero-order valence-corrected chi connectivity index (χ0v) is 15.9. The summed E-state index contributed by atoms with van der Waals surface area (Å²) in [7, 11) is 0. The molecule has 2 aromatic rings. The van der Waals surface area contributed by atoms with Gasteiger partial charge in [-0.2, -0.15) is 0 Å². The number of carbonyl (C=O) groups is 1. The molecule has 2 atom stereocenters. The van der Waals surface area contributed by atoms with Crippen LogP contribution in [-0.4, -0.2) is 44.3 Å². The van der Waals surface area contributed by atoms with E-state index in [2.05, 4.69) is 4.98 Å². The molecule has 1 amide bonds. The van der Waals surface area contributed by atoms with E-state index in [0.717, 1.165) is 12.8 Å². The molecule has 7 heteroatoms. The van der Waals surface area contributed by atoms with Crippen LogP contribution in [-0.2, 0) is 4.74 Å². The van der Waals surface area contributed by atoms with Gasteiger partial charge in [0.25, 0.3) is 5.56 Å². The lowest BCUT2D eigenvalue weighted by Gasteiger charge is -2.25. The summed E-state index contributed by atoms with van der Waals surface area (Å²) < 4.78 is 7.17. The Kier molecular flexibility index (Phi) is 4.13. The van der Waals surface area contributed by atoms with Crippen LogP contribution in [0.2, 0.25) is 0 Å². The van der Waals surface area contributed by atoms with Gasteiger partial charge in [0.05, 0.1) is 17.2 Å². The van der Waals surface area contributed by atoms with Crippen molar-refractivity contribution in [1.29, 1.82) is 0 Å². The Balaban J connectivity index is 1.50. The molecule has 2 heterocycles. The molecule has 1 aliphatic heterocycles. The van der Waals surface area contributed by atoms with Crippen molar-refractivity contribution in [2.24, 2.45) is 11.8 Å². The maximum atomic E-state index is 12.8. The van der Waals surface area contributed by atoms with E-state index in [1.54, 1.807) is 21.9 Å². The SMILES string of the molecule is CC(C)(C)OC(=O)N1CC2CC(n3cnc4ccc(O)cc4c3=O)CC2C1. The van der Waals surface area contributed by atoms with Crippen LogP contribution >= 0.6 is 0 Å². The van der Waals surface area contributed by atoms with E-state index in [4.69, 9.17) is 4.74 Å². The van der Waals surface area contributed by atoms with Gasteiger partial charge in [-0.3, -0.25) is 9.36 Å². The number of amides is 1. The molecule has 1 N–H and O–H groups in total. The lowest BCUT2D eigenvalue weighted by molar-refractivity contribution is 0.0278. The molecule has 27 heavy (non-hydrogen) atoms. The predicted octanol–water partition coefficient (Wildman–Crippen LogP) is 2.92. The number of aromatic hydroxyl groups is 1. The fraction of sp³-hybridized carbons (Fsp3) is 0.550. The largest absolute Gasteiger partial charge is 0.508 e. The van der Waals surface area contributed by atoms with Crippen molar-refractivity contribution < 1.29 is 14.6 Å². The van der Waals surface area contributed by atoms with Crippen LogP contribution in [0.25, 0.3) is 10.9 Å². The maximum Gasteiger partial charge on any atom is 0.410 e. The highest BCUT2D eigenvalue weighted by Crippen LogP contribution is 2.43. The van der Waals surface area contributed by atoms with Gasteiger partial charge in [0.1, 0.15) is 11.4 Å². The third kappa shape index (κ3) is 3.38. The number of phenols is 1. The minimum absolute atomic E-state index is 0.0652. The Morgan fingerprint density at radius 2 is 1.89 bits per heavy atom. The highest BCUT2D eigenvalue weighted by molar-refractivity contribution is 5.78. The van der Waals surface area contributed by atoms with Gasteiger partial charge in [-0.1, -0.05) is 0 Å². The lowest BCUT2D eigenvalue weighted by Crippen LogP contribution is -2.36. The van der Waals surface area contributed by atoms with E-state index in [9.17, 15) is 14.7 Å². The molecule has 0 bridgehead atoms. The van der Waals surface area contributed by atoms with Gasteiger partial charge in [-0.05, 0) is 63.6 Å². The number of aromatic nitrogens is 2. The summed E-state index contributed by atoms with van der Waals surface area (Å²) in [4.78, 5) is 31.3. The van der Waals surface area contributed by atoms with Crippen LogP contribution in [0, 0.1) is 11.8 Å². The second-order valence-electron chi connectivity index (χ2n) is 8.69. The van der Waals surface area contributed by atoms with Gasteiger partial charge in [-0.15, -0.1) is 0 Å². The van der Waals surface area contributed by atoms with E-state index in [1.165, 1.54) is 12.1 Å². The molecule has 1 saturated carbocycles. The molecule has 7 nitrogen and oxygen atoms in total. The Labute approximate surface area is 157 Å². The Hall–Kier alpha value is -2.57. The fourth-order valence-corrected chi connectivity index (χ4v) is 4.35. The number of phenolic OH excluding ortho intramolecular Hbond substituents is 1. The molecule has 1 aliphatic carbocycles. The monoisotopic (exact) mass is 371 g/mol. The molecule has 0 radical (unpaired) electrons. The van der Waals surface area contributed by atoms with E-state index >= 15 is 0 Å². The van der Waals surface area contributed by atoms with Gasteiger partial charge in [0.15, 0.2) is 0 Å². The topological polar surface area (TPSA) is 84.7 Å². The average Bonchev–Trinajstić information content (AvgIpc) is 3.13. The number of benzene rings is 1. The Bertz CT molecular complexity index is 932. The van der Waals surface area contributed by atoms with Crippen LogP contribution in [0.15, 0.2) is 29.3 Å². The zero-order chi connectivity index (χ0) is 19.3. The van der Waals surface area contributed by atoms with E-state index in [1.807, 2.05) is 20.8 Å². The summed E-state index contributed by atoms with van der Waals surface area (Å²) >= 11 is 0. The van der Waals surface area contributed by atoms with Crippen LogP contribution in [0.3, 0.4) is 0 Å². The molecule has 4 rings (SSSR count). The van der Waals surface area contributed by atoms with Crippen molar-refractivity contribution in [2.75, 3.05) is 13.1 Å². The minimum Gasteiger partial charge on any atom is -0.508 e. The summed E-state index contributed by atoms with van der Waals surface area (Å²) in [6, 6.07) is 4.73. The van der Waals surface area contributed by atoms with Crippen LogP contribution in [0.5, 0.6) is 5.75 Å². The highest BCUT2D eigenvalue weighted by atomic mass is 16.6. The van der Waals surface area contributed by atoms with E-state index < -0.39 is 5.60 Å². The average molecular weight is 371 g/mol. The van der Waals surface area contributed by atoms with Crippen LogP contribution in [0.1, 0.15) is 39.7 Å². The number of rotatable bonds is 1. The molecule has 2 aliphatic rings. The number of fused-ring (bicyclic) bond motifs is 2. The molecule has 2 unspecified atom stereocenters. The molecule has 144 valence electrons. The minimum atomic E-state index is -0.493. The smallest absolute Gasteiger partial charge is 0.410 e. The zero-order valence-electron chi connectivity index (χ0n) is 15.9. The maximum absolute atomic E-state index is 12.8. The van der Waals surface area contributed by atoms with Crippen molar-refractivity contribution in [2.45, 2.75) is 45.3 Å². The Morgan fingerprint density at radius 3 is 2.52 bits per heavy atom. The van der Waals surface area contributed by atoms with Crippen LogP contribution < -0.4 is 5.56 Å². The second kappa shape index (κ2) is 6.25. The lowest BCUT2D eigenvalue weighted by atomic mass is 10.0. The van der Waals surface area contributed by atoms with Crippen molar-refractivity contribution in [3.8, 4) is 5.75 Å². The third-order valence-corrected chi connectivity index (χ3v) is 5.54. The molecule has 1 aromatic carbocycles. The highest BCUT2D eigenvalue weighted by Gasteiger charge is 2.44. The molecule has 2 fully saturated rings. The molecule has 1 saturated heterocycles. The number of hydrogen-bond donors (Lipinski definition) is 1. The number of ether oxygens (including phenoxy) is 1. The summed E-state index contributed by atoms with van der Waals surface area (Å²) in [5.41, 5.74) is -0.0272. The predicted molar refractivity (Wildman–Crippen MR) is 101 cm³/mol. The molecule has 0 spiro atoms. The summed E-state index contributed by atoms with van der Waals surface area (Å²) in [5.74, 6) is 0.805. The Morgan fingerprint density at radius 1 is 1.22 bits per heavy atom. The first-order valence-electron chi connectivity index (χ1n) is 9.39. The van der Waals surface area contributed by atoms with Crippen molar-refractivity contribution in [3.63, 3.8) is 0 Å². The fourth-order valence-electron chi connectivity index (χ4n) is 4.35. The first kappa shape index (κ1) is 17.8. The normalized spacial score (nSPS) is 25.0. The van der Waals surface area contributed by atoms with Gasteiger partial charge in [-0.25, -0.2) is 9.78 Å².